The molecule has 0 saturated carbocycles. The molecule has 0 fully saturated rings. The van der Waals surface area contributed by atoms with Gasteiger partial charge in [-0.15, -0.1) is 10.2 Å². The van der Waals surface area contributed by atoms with E-state index >= 15 is 0 Å². The summed E-state index contributed by atoms with van der Waals surface area (Å²) in [6.07, 6.45) is 0.291. The van der Waals surface area contributed by atoms with Gasteiger partial charge in [-0.05, 0) is 18.1 Å². The summed E-state index contributed by atoms with van der Waals surface area (Å²) in [7, 11) is 0. The predicted octanol–water partition coefficient (Wildman–Crippen LogP) is 4.35. The molecule has 1 heterocycles. The van der Waals surface area contributed by atoms with Crippen LogP contribution in [0.5, 0.6) is 0 Å². The molecule has 0 saturated heterocycles. The zero-order valence-corrected chi connectivity index (χ0v) is 17.5. The van der Waals surface area contributed by atoms with E-state index < -0.39 is 0 Å². The van der Waals surface area contributed by atoms with E-state index in [-0.39, 0.29) is 23.5 Å². The number of esters is 1. The number of carbonyl (C=O) groups excluding carboxylic acids is 2. The molecule has 8 heteroatoms. The molecule has 0 radical (unpaired) electrons. The molecule has 0 unspecified atom stereocenters. The number of aromatic nitrogens is 2. The van der Waals surface area contributed by atoms with Crippen molar-refractivity contribution in [3.05, 3.63) is 71.8 Å². The summed E-state index contributed by atoms with van der Waals surface area (Å²) >= 11 is 2.48. The molecule has 2 aromatic carbocycles. The molecule has 29 heavy (non-hydrogen) atoms. The second-order valence-corrected chi connectivity index (χ2v) is 8.29. The number of nitrogens with one attached hydrogen (secondary N) is 1. The third kappa shape index (κ3) is 6.40. The number of hydrogen-bond acceptors (Lipinski definition) is 7. The SMILES string of the molecule is CCOC(=O)CSc1nnc(NC(=O)CC(c2ccccc2)c2ccccc2)s1. The summed E-state index contributed by atoms with van der Waals surface area (Å²) in [5.74, 6) is -0.323. The first-order chi connectivity index (χ1) is 14.2. The first-order valence-electron chi connectivity index (χ1n) is 9.17. The van der Waals surface area contributed by atoms with Crippen LogP contribution >= 0.6 is 23.1 Å². The largest absolute Gasteiger partial charge is 0.465 e. The van der Waals surface area contributed by atoms with E-state index in [4.69, 9.17) is 4.74 Å². The van der Waals surface area contributed by atoms with Gasteiger partial charge in [0.25, 0.3) is 0 Å². The maximum absolute atomic E-state index is 12.7. The third-order valence-corrected chi connectivity index (χ3v) is 6.01. The molecule has 150 valence electrons. The Hall–Kier alpha value is -2.71. The Morgan fingerprint density at radius 3 is 2.24 bits per heavy atom. The van der Waals surface area contributed by atoms with E-state index in [1.54, 1.807) is 6.92 Å². The van der Waals surface area contributed by atoms with Crippen molar-refractivity contribution in [1.82, 2.24) is 10.2 Å². The summed E-state index contributed by atoms with van der Waals surface area (Å²) in [6.45, 7) is 2.11. The first-order valence-corrected chi connectivity index (χ1v) is 11.0. The van der Waals surface area contributed by atoms with Crippen molar-refractivity contribution in [3.8, 4) is 0 Å². The number of rotatable bonds is 9. The number of carbonyl (C=O) groups is 2. The van der Waals surface area contributed by atoms with Crippen LogP contribution in [0.4, 0.5) is 5.13 Å². The van der Waals surface area contributed by atoms with Gasteiger partial charge in [-0.3, -0.25) is 9.59 Å². The maximum Gasteiger partial charge on any atom is 0.316 e. The normalized spacial score (nSPS) is 10.7. The molecular weight excluding hydrogens is 406 g/mol. The van der Waals surface area contributed by atoms with E-state index in [1.807, 2.05) is 60.7 Å². The van der Waals surface area contributed by atoms with Gasteiger partial charge in [0, 0.05) is 12.3 Å². The molecule has 0 aliphatic carbocycles. The lowest BCUT2D eigenvalue weighted by molar-refractivity contribution is -0.139. The summed E-state index contributed by atoms with van der Waals surface area (Å²) in [6, 6.07) is 19.9. The zero-order valence-electron chi connectivity index (χ0n) is 15.9. The number of thioether (sulfide) groups is 1. The topological polar surface area (TPSA) is 81.2 Å². The van der Waals surface area contributed by atoms with Crippen LogP contribution in [0.15, 0.2) is 65.0 Å². The van der Waals surface area contributed by atoms with Crippen LogP contribution in [-0.2, 0) is 14.3 Å². The van der Waals surface area contributed by atoms with Gasteiger partial charge in [-0.1, -0.05) is 83.8 Å². The zero-order chi connectivity index (χ0) is 20.5. The Balaban J connectivity index is 1.63. The Morgan fingerprint density at radius 1 is 1.03 bits per heavy atom. The Morgan fingerprint density at radius 2 is 1.66 bits per heavy atom. The van der Waals surface area contributed by atoms with Gasteiger partial charge in [0.15, 0.2) is 4.34 Å². The summed E-state index contributed by atoms with van der Waals surface area (Å²) in [5, 5.41) is 11.2. The number of amides is 1. The summed E-state index contributed by atoms with van der Waals surface area (Å²) < 4.78 is 5.50. The second-order valence-electron chi connectivity index (χ2n) is 6.09. The van der Waals surface area contributed by atoms with Gasteiger partial charge in [0.2, 0.25) is 11.0 Å². The molecule has 0 atom stereocenters. The Kier molecular flexibility index (Phi) is 7.77. The number of anilines is 1. The van der Waals surface area contributed by atoms with Gasteiger partial charge in [0.05, 0.1) is 12.4 Å². The van der Waals surface area contributed by atoms with Crippen molar-refractivity contribution in [2.45, 2.75) is 23.6 Å². The lowest BCUT2D eigenvalue weighted by Gasteiger charge is -2.17. The second kappa shape index (κ2) is 10.7. The molecule has 0 aliphatic rings. The van der Waals surface area contributed by atoms with Gasteiger partial charge in [0.1, 0.15) is 0 Å². The maximum atomic E-state index is 12.7. The Labute approximate surface area is 177 Å². The first kappa shape index (κ1) is 21.0. The van der Waals surface area contributed by atoms with Gasteiger partial charge in [-0.2, -0.15) is 0 Å². The number of ether oxygens (including phenoxy) is 1. The van der Waals surface area contributed by atoms with Crippen molar-refractivity contribution in [3.63, 3.8) is 0 Å². The van der Waals surface area contributed by atoms with E-state index in [1.165, 1.54) is 23.1 Å². The van der Waals surface area contributed by atoms with Crippen molar-refractivity contribution >= 4 is 40.1 Å². The minimum Gasteiger partial charge on any atom is -0.465 e. The van der Waals surface area contributed by atoms with Crippen molar-refractivity contribution < 1.29 is 14.3 Å². The highest BCUT2D eigenvalue weighted by atomic mass is 32.2. The fourth-order valence-corrected chi connectivity index (χ4v) is 4.36. The minimum atomic E-state index is -0.299. The average Bonchev–Trinajstić information content (AvgIpc) is 3.19. The fourth-order valence-electron chi connectivity index (χ4n) is 2.80. The van der Waals surface area contributed by atoms with Crippen LogP contribution in [0, 0.1) is 0 Å². The molecule has 1 aromatic heterocycles. The monoisotopic (exact) mass is 427 g/mol. The molecule has 1 N–H and O–H groups in total. The van der Waals surface area contributed by atoms with E-state index in [0.29, 0.717) is 22.5 Å². The van der Waals surface area contributed by atoms with Gasteiger partial charge >= 0.3 is 5.97 Å². The highest BCUT2D eigenvalue weighted by Gasteiger charge is 2.19. The quantitative estimate of drug-likeness (QED) is 0.311. The molecule has 1 amide bonds. The standard InChI is InChI=1S/C21H21N3O3S2/c1-2-27-19(26)14-28-21-24-23-20(29-21)22-18(25)13-17(15-9-5-3-6-10-15)16-11-7-4-8-12-16/h3-12,17H,2,13-14H2,1H3,(H,22,23,25). The molecule has 0 spiro atoms. The minimum absolute atomic E-state index is 0.0528. The fraction of sp³-hybridized carbons (Fsp3) is 0.238. The highest BCUT2D eigenvalue weighted by molar-refractivity contribution is 8.01. The average molecular weight is 428 g/mol. The number of nitrogens with zero attached hydrogens (tertiary/aromatic N) is 2. The molecule has 0 bridgehead atoms. The molecule has 3 aromatic rings. The number of hydrogen-bond donors (Lipinski definition) is 1. The van der Waals surface area contributed by atoms with E-state index in [2.05, 4.69) is 15.5 Å². The molecule has 0 aliphatic heterocycles. The third-order valence-electron chi connectivity index (χ3n) is 4.07. The van der Waals surface area contributed by atoms with Crippen LogP contribution in [0.25, 0.3) is 0 Å². The summed E-state index contributed by atoms with van der Waals surface area (Å²) in [4.78, 5) is 24.1. The van der Waals surface area contributed by atoms with Crippen LogP contribution in [0.2, 0.25) is 0 Å². The van der Waals surface area contributed by atoms with Crippen LogP contribution in [-0.4, -0.2) is 34.4 Å². The van der Waals surface area contributed by atoms with Crippen molar-refractivity contribution in [2.75, 3.05) is 17.7 Å². The van der Waals surface area contributed by atoms with Gasteiger partial charge < -0.3 is 10.1 Å². The lowest BCUT2D eigenvalue weighted by atomic mass is 9.88. The lowest BCUT2D eigenvalue weighted by Crippen LogP contribution is -2.16. The molecule has 3 rings (SSSR count). The van der Waals surface area contributed by atoms with Crippen molar-refractivity contribution in [2.24, 2.45) is 0 Å². The highest BCUT2D eigenvalue weighted by Crippen LogP contribution is 2.29. The van der Waals surface area contributed by atoms with E-state index in [0.717, 1.165) is 11.1 Å². The smallest absolute Gasteiger partial charge is 0.316 e. The summed E-state index contributed by atoms with van der Waals surface area (Å²) in [5.41, 5.74) is 2.16. The predicted molar refractivity (Wildman–Crippen MR) is 115 cm³/mol. The Bertz CT molecular complexity index is 893. The molecular formula is C21H21N3O3S2. The molecule has 6 nitrogen and oxygen atoms in total. The van der Waals surface area contributed by atoms with E-state index in [9.17, 15) is 9.59 Å². The van der Waals surface area contributed by atoms with Crippen LogP contribution < -0.4 is 5.32 Å². The van der Waals surface area contributed by atoms with Crippen molar-refractivity contribution in [1.29, 1.82) is 0 Å². The van der Waals surface area contributed by atoms with Crippen LogP contribution in [0.3, 0.4) is 0 Å². The number of benzene rings is 2. The van der Waals surface area contributed by atoms with Gasteiger partial charge in [-0.25, -0.2) is 0 Å². The van der Waals surface area contributed by atoms with Crippen LogP contribution in [0.1, 0.15) is 30.4 Å².